The molecular weight excluding hydrogens is 370 g/mol. The van der Waals surface area contributed by atoms with Crippen LogP contribution in [0.1, 0.15) is 18.6 Å². The van der Waals surface area contributed by atoms with Crippen molar-refractivity contribution in [3.8, 4) is 5.75 Å². The number of hydrogen-bond acceptors (Lipinski definition) is 4. The van der Waals surface area contributed by atoms with Crippen LogP contribution in [0.15, 0.2) is 78.9 Å². The molecule has 0 spiro atoms. The van der Waals surface area contributed by atoms with Crippen LogP contribution in [0.5, 0.6) is 5.75 Å². The zero-order valence-electron chi connectivity index (χ0n) is 15.8. The van der Waals surface area contributed by atoms with Crippen LogP contribution in [-0.4, -0.2) is 22.3 Å². The second-order valence-electron chi connectivity index (χ2n) is 6.63. The minimum atomic E-state index is -1.08. The van der Waals surface area contributed by atoms with E-state index in [1.807, 2.05) is 36.4 Å². The number of carbonyl (C=O) groups is 2. The number of rotatable bonds is 6. The molecule has 3 aromatic rings. The number of amides is 1. The lowest BCUT2D eigenvalue weighted by Gasteiger charge is -2.23. The summed E-state index contributed by atoms with van der Waals surface area (Å²) >= 11 is 0. The number of fused-ring (bicyclic) bond motifs is 1. The van der Waals surface area contributed by atoms with Crippen LogP contribution in [0.2, 0.25) is 0 Å². The summed E-state index contributed by atoms with van der Waals surface area (Å²) in [6, 6.07) is 19.5. The van der Waals surface area contributed by atoms with Gasteiger partial charge in [0.1, 0.15) is 11.9 Å². The number of ether oxygens (including phenoxy) is 1. The summed E-state index contributed by atoms with van der Waals surface area (Å²) in [5, 5.41) is 23.0. The number of carboxylic acid groups (broad SMARTS) is 1. The summed E-state index contributed by atoms with van der Waals surface area (Å²) in [7, 11) is 0. The van der Waals surface area contributed by atoms with Crippen LogP contribution in [0, 0.1) is 5.92 Å². The smallest absolute Gasteiger partial charge is 0.412 e. The van der Waals surface area contributed by atoms with E-state index < -0.39 is 24.1 Å². The number of anilines is 1. The van der Waals surface area contributed by atoms with E-state index in [0.29, 0.717) is 11.3 Å². The summed E-state index contributed by atoms with van der Waals surface area (Å²) < 4.78 is 5.65. The normalized spacial score (nSPS) is 13.1. The Morgan fingerprint density at radius 1 is 1.00 bits per heavy atom. The number of nitrogens with one attached hydrogen (secondary N) is 1. The van der Waals surface area contributed by atoms with E-state index in [2.05, 4.69) is 5.32 Å². The van der Waals surface area contributed by atoms with E-state index in [-0.39, 0.29) is 5.75 Å². The number of hydrogen-bond donors (Lipinski definition) is 3. The Morgan fingerprint density at radius 2 is 1.69 bits per heavy atom. The van der Waals surface area contributed by atoms with Crippen molar-refractivity contribution in [2.75, 3.05) is 5.32 Å². The number of aliphatic carboxylic acids is 1. The van der Waals surface area contributed by atoms with Crippen molar-refractivity contribution in [3.05, 3.63) is 84.4 Å². The van der Waals surface area contributed by atoms with E-state index in [9.17, 15) is 14.7 Å². The predicted octanol–water partition coefficient (Wildman–Crippen LogP) is 5.11. The molecule has 0 radical (unpaired) electrons. The highest BCUT2D eigenvalue weighted by molar-refractivity contribution is 6.00. The lowest BCUT2D eigenvalue weighted by Crippen LogP contribution is -2.21. The van der Waals surface area contributed by atoms with Gasteiger partial charge in [0, 0.05) is 17.4 Å². The quantitative estimate of drug-likeness (QED) is 0.507. The Balaban J connectivity index is 1.83. The lowest BCUT2D eigenvalue weighted by atomic mass is 9.96. The van der Waals surface area contributed by atoms with Crippen LogP contribution in [0.25, 0.3) is 10.8 Å². The standard InChI is InChI=1S/C23H21NO5/c1-15(9-14-21(26)27)22(17-10-12-18(25)13-11-17)29-23(28)24-20-8-4-6-16-5-2-3-7-19(16)20/h2-15,22,25H,1H3,(H,24,28)(H,26,27)/b14-9+/t15-,22-/m0/s1. The lowest BCUT2D eigenvalue weighted by molar-refractivity contribution is -0.131. The summed E-state index contributed by atoms with van der Waals surface area (Å²) in [5.41, 5.74) is 1.25. The van der Waals surface area contributed by atoms with Gasteiger partial charge in [-0.15, -0.1) is 0 Å². The molecule has 0 aromatic heterocycles. The molecule has 3 rings (SSSR count). The zero-order valence-corrected chi connectivity index (χ0v) is 15.8. The van der Waals surface area contributed by atoms with Crippen LogP contribution in [-0.2, 0) is 9.53 Å². The van der Waals surface area contributed by atoms with Crippen LogP contribution in [0.3, 0.4) is 0 Å². The van der Waals surface area contributed by atoms with Gasteiger partial charge in [0.2, 0.25) is 0 Å². The average Bonchev–Trinajstić information content (AvgIpc) is 2.71. The van der Waals surface area contributed by atoms with Crippen molar-refractivity contribution < 1.29 is 24.5 Å². The van der Waals surface area contributed by atoms with Crippen molar-refractivity contribution in [1.29, 1.82) is 0 Å². The molecular formula is C23H21NO5. The van der Waals surface area contributed by atoms with Gasteiger partial charge >= 0.3 is 12.1 Å². The van der Waals surface area contributed by atoms with Crippen molar-refractivity contribution in [3.63, 3.8) is 0 Å². The molecule has 0 unspecified atom stereocenters. The van der Waals surface area contributed by atoms with E-state index in [0.717, 1.165) is 16.8 Å². The summed E-state index contributed by atoms with van der Waals surface area (Å²) in [4.78, 5) is 23.5. The molecule has 3 aromatic carbocycles. The number of aromatic hydroxyl groups is 1. The maximum absolute atomic E-state index is 12.6. The molecule has 148 valence electrons. The molecule has 6 heteroatoms. The largest absolute Gasteiger partial charge is 0.508 e. The molecule has 3 N–H and O–H groups in total. The first-order valence-electron chi connectivity index (χ1n) is 9.09. The Morgan fingerprint density at radius 3 is 2.41 bits per heavy atom. The second kappa shape index (κ2) is 8.93. The maximum Gasteiger partial charge on any atom is 0.412 e. The minimum Gasteiger partial charge on any atom is -0.508 e. The Hall–Kier alpha value is -3.80. The van der Waals surface area contributed by atoms with Gasteiger partial charge in [-0.3, -0.25) is 5.32 Å². The monoisotopic (exact) mass is 391 g/mol. The summed E-state index contributed by atoms with van der Waals surface area (Å²) in [6.07, 6.45) is 1.09. The highest BCUT2D eigenvalue weighted by Gasteiger charge is 2.23. The predicted molar refractivity (Wildman–Crippen MR) is 111 cm³/mol. The van der Waals surface area contributed by atoms with Gasteiger partial charge in [0.05, 0.1) is 5.69 Å². The van der Waals surface area contributed by atoms with E-state index >= 15 is 0 Å². The van der Waals surface area contributed by atoms with Gasteiger partial charge in [-0.05, 0) is 29.1 Å². The molecule has 0 heterocycles. The second-order valence-corrected chi connectivity index (χ2v) is 6.63. The highest BCUT2D eigenvalue weighted by Crippen LogP contribution is 2.30. The molecule has 0 aliphatic heterocycles. The average molecular weight is 391 g/mol. The van der Waals surface area contributed by atoms with Crippen LogP contribution < -0.4 is 5.32 Å². The minimum absolute atomic E-state index is 0.0847. The molecule has 0 saturated heterocycles. The van der Waals surface area contributed by atoms with Crippen LogP contribution >= 0.6 is 0 Å². The molecule has 1 amide bonds. The Labute approximate surface area is 168 Å². The van der Waals surface area contributed by atoms with Gasteiger partial charge in [-0.25, -0.2) is 9.59 Å². The SMILES string of the molecule is C[C@@H](/C=C/C(=O)O)[C@H](OC(=O)Nc1cccc2ccccc12)c1ccc(O)cc1. The summed E-state index contributed by atoms with van der Waals surface area (Å²) in [5.74, 6) is -1.41. The number of carboxylic acids is 1. The third-order valence-electron chi connectivity index (χ3n) is 4.50. The highest BCUT2D eigenvalue weighted by atomic mass is 16.6. The fourth-order valence-corrected chi connectivity index (χ4v) is 3.07. The number of carbonyl (C=O) groups excluding carboxylic acids is 1. The first kappa shape index (κ1) is 19.9. The van der Waals surface area contributed by atoms with Gasteiger partial charge in [-0.2, -0.15) is 0 Å². The van der Waals surface area contributed by atoms with Gasteiger partial charge in [-0.1, -0.05) is 61.5 Å². The molecule has 0 bridgehead atoms. The van der Waals surface area contributed by atoms with Crippen molar-refractivity contribution in [1.82, 2.24) is 0 Å². The molecule has 2 atom stereocenters. The van der Waals surface area contributed by atoms with Crippen molar-refractivity contribution in [2.24, 2.45) is 5.92 Å². The molecule has 0 saturated carbocycles. The zero-order chi connectivity index (χ0) is 20.8. The topological polar surface area (TPSA) is 95.9 Å². The fraction of sp³-hybridized carbons (Fsp3) is 0.130. The van der Waals surface area contributed by atoms with Gasteiger partial charge in [0.15, 0.2) is 0 Å². The Kier molecular flexibility index (Phi) is 6.14. The van der Waals surface area contributed by atoms with Crippen molar-refractivity contribution >= 4 is 28.5 Å². The molecule has 0 aliphatic rings. The van der Waals surface area contributed by atoms with Crippen molar-refractivity contribution in [2.45, 2.75) is 13.0 Å². The van der Waals surface area contributed by atoms with Gasteiger partial charge < -0.3 is 14.9 Å². The number of phenolic OH excluding ortho intramolecular Hbond substituents is 1. The molecule has 29 heavy (non-hydrogen) atoms. The fourth-order valence-electron chi connectivity index (χ4n) is 3.07. The van der Waals surface area contributed by atoms with E-state index in [1.165, 1.54) is 18.2 Å². The first-order chi connectivity index (χ1) is 13.9. The maximum atomic E-state index is 12.6. The summed E-state index contributed by atoms with van der Waals surface area (Å²) in [6.45, 7) is 1.75. The van der Waals surface area contributed by atoms with E-state index in [1.54, 1.807) is 25.1 Å². The number of phenols is 1. The molecule has 0 fully saturated rings. The number of benzene rings is 3. The first-order valence-corrected chi connectivity index (χ1v) is 9.09. The molecule has 0 aliphatic carbocycles. The third-order valence-corrected chi connectivity index (χ3v) is 4.50. The van der Waals surface area contributed by atoms with Gasteiger partial charge in [0.25, 0.3) is 0 Å². The van der Waals surface area contributed by atoms with Crippen LogP contribution in [0.4, 0.5) is 10.5 Å². The van der Waals surface area contributed by atoms with E-state index in [4.69, 9.17) is 9.84 Å². The Bertz CT molecular complexity index is 1040. The third kappa shape index (κ3) is 5.13. The molecule has 6 nitrogen and oxygen atoms in total.